The summed E-state index contributed by atoms with van der Waals surface area (Å²) in [5, 5.41) is 7.94. The standard InChI is InChI=1S/C17H15N3O/c18-17-10-9-16(19-20-17)14-7-4-8-15(11-14)21-12-13-5-2-1-3-6-13/h1-11H,12H2,(H2,18,20). The Morgan fingerprint density at radius 2 is 1.71 bits per heavy atom. The molecule has 2 N–H and O–H groups in total. The molecule has 0 fully saturated rings. The smallest absolute Gasteiger partial charge is 0.146 e. The number of benzene rings is 2. The predicted molar refractivity (Wildman–Crippen MR) is 82.7 cm³/mol. The number of anilines is 1. The summed E-state index contributed by atoms with van der Waals surface area (Å²) >= 11 is 0. The maximum Gasteiger partial charge on any atom is 0.146 e. The van der Waals surface area contributed by atoms with Crippen LogP contribution >= 0.6 is 0 Å². The predicted octanol–water partition coefficient (Wildman–Crippen LogP) is 3.30. The molecule has 0 unspecified atom stereocenters. The zero-order valence-electron chi connectivity index (χ0n) is 11.4. The molecule has 3 aromatic rings. The summed E-state index contributed by atoms with van der Waals surface area (Å²) in [7, 11) is 0. The van der Waals surface area contributed by atoms with Crippen LogP contribution in [0, 0.1) is 0 Å². The fourth-order valence-electron chi connectivity index (χ4n) is 1.98. The molecule has 0 bridgehead atoms. The van der Waals surface area contributed by atoms with Gasteiger partial charge in [0.25, 0.3) is 0 Å². The van der Waals surface area contributed by atoms with Crippen molar-refractivity contribution in [2.75, 3.05) is 5.73 Å². The van der Waals surface area contributed by atoms with E-state index in [4.69, 9.17) is 10.5 Å². The Labute approximate surface area is 123 Å². The van der Waals surface area contributed by atoms with Gasteiger partial charge in [-0.15, -0.1) is 10.2 Å². The molecular weight excluding hydrogens is 262 g/mol. The summed E-state index contributed by atoms with van der Waals surface area (Å²) < 4.78 is 5.81. The summed E-state index contributed by atoms with van der Waals surface area (Å²) in [6.45, 7) is 0.539. The van der Waals surface area contributed by atoms with Crippen molar-refractivity contribution in [2.24, 2.45) is 0 Å². The normalized spacial score (nSPS) is 10.3. The van der Waals surface area contributed by atoms with Gasteiger partial charge in [-0.3, -0.25) is 0 Å². The number of nitrogens with zero attached hydrogens (tertiary/aromatic N) is 2. The molecule has 3 rings (SSSR count). The third-order valence-corrected chi connectivity index (χ3v) is 3.06. The molecule has 21 heavy (non-hydrogen) atoms. The maximum atomic E-state index is 5.81. The van der Waals surface area contributed by atoms with Crippen LogP contribution in [0.4, 0.5) is 5.82 Å². The lowest BCUT2D eigenvalue weighted by Gasteiger charge is -2.08. The van der Waals surface area contributed by atoms with Crippen LogP contribution in [0.1, 0.15) is 5.56 Å². The van der Waals surface area contributed by atoms with Crippen LogP contribution in [0.15, 0.2) is 66.7 Å². The molecule has 1 heterocycles. The summed E-state index contributed by atoms with van der Waals surface area (Å²) in [5.41, 5.74) is 8.41. The van der Waals surface area contributed by atoms with Gasteiger partial charge in [-0.2, -0.15) is 0 Å². The summed E-state index contributed by atoms with van der Waals surface area (Å²) in [4.78, 5) is 0. The van der Waals surface area contributed by atoms with Gasteiger partial charge in [0.15, 0.2) is 0 Å². The fourth-order valence-corrected chi connectivity index (χ4v) is 1.98. The van der Waals surface area contributed by atoms with Crippen LogP contribution in [0.25, 0.3) is 11.3 Å². The van der Waals surface area contributed by atoms with E-state index in [1.54, 1.807) is 6.07 Å². The van der Waals surface area contributed by atoms with Crippen molar-refractivity contribution in [1.29, 1.82) is 0 Å². The maximum absolute atomic E-state index is 5.81. The monoisotopic (exact) mass is 277 g/mol. The van der Waals surface area contributed by atoms with E-state index in [1.807, 2.05) is 60.7 Å². The lowest BCUT2D eigenvalue weighted by Crippen LogP contribution is -1.96. The fraction of sp³-hybridized carbons (Fsp3) is 0.0588. The Morgan fingerprint density at radius 1 is 0.857 bits per heavy atom. The molecule has 4 heteroatoms. The number of nitrogen functional groups attached to an aromatic ring is 1. The number of ether oxygens (including phenoxy) is 1. The van der Waals surface area contributed by atoms with E-state index >= 15 is 0 Å². The minimum absolute atomic E-state index is 0.412. The molecule has 0 aliphatic heterocycles. The van der Waals surface area contributed by atoms with Crippen LogP contribution in [-0.4, -0.2) is 10.2 Å². The Kier molecular flexibility index (Phi) is 3.78. The van der Waals surface area contributed by atoms with Crippen LogP contribution in [-0.2, 0) is 6.61 Å². The summed E-state index contributed by atoms with van der Waals surface area (Å²) in [6, 6.07) is 21.4. The first-order chi connectivity index (χ1) is 10.3. The van der Waals surface area contributed by atoms with Crippen molar-refractivity contribution >= 4 is 5.82 Å². The van der Waals surface area contributed by atoms with Gasteiger partial charge in [0.05, 0.1) is 5.69 Å². The van der Waals surface area contributed by atoms with Crippen molar-refractivity contribution in [3.8, 4) is 17.0 Å². The van der Waals surface area contributed by atoms with Crippen LogP contribution < -0.4 is 10.5 Å². The quantitative estimate of drug-likeness (QED) is 0.794. The average molecular weight is 277 g/mol. The number of hydrogen-bond acceptors (Lipinski definition) is 4. The molecule has 4 nitrogen and oxygen atoms in total. The first-order valence-electron chi connectivity index (χ1n) is 6.67. The highest BCUT2D eigenvalue weighted by atomic mass is 16.5. The lowest BCUT2D eigenvalue weighted by molar-refractivity contribution is 0.306. The molecule has 104 valence electrons. The average Bonchev–Trinajstić information content (AvgIpc) is 2.55. The van der Waals surface area contributed by atoms with Crippen molar-refractivity contribution in [3.63, 3.8) is 0 Å². The Balaban J connectivity index is 1.75. The van der Waals surface area contributed by atoms with E-state index in [0.717, 1.165) is 22.6 Å². The zero-order chi connectivity index (χ0) is 14.5. The topological polar surface area (TPSA) is 61.0 Å². The van der Waals surface area contributed by atoms with E-state index in [9.17, 15) is 0 Å². The zero-order valence-corrected chi connectivity index (χ0v) is 11.4. The third-order valence-electron chi connectivity index (χ3n) is 3.06. The minimum atomic E-state index is 0.412. The van der Waals surface area contributed by atoms with E-state index in [0.29, 0.717) is 12.4 Å². The summed E-state index contributed by atoms with van der Waals surface area (Å²) in [5.74, 6) is 1.21. The van der Waals surface area contributed by atoms with Crippen molar-refractivity contribution in [2.45, 2.75) is 6.61 Å². The molecule has 0 aliphatic rings. The molecule has 0 radical (unpaired) electrons. The summed E-state index contributed by atoms with van der Waals surface area (Å²) in [6.07, 6.45) is 0. The van der Waals surface area contributed by atoms with Crippen molar-refractivity contribution < 1.29 is 4.74 Å². The Bertz CT molecular complexity index is 712. The van der Waals surface area contributed by atoms with Gasteiger partial charge in [-0.1, -0.05) is 42.5 Å². The van der Waals surface area contributed by atoms with Crippen molar-refractivity contribution in [1.82, 2.24) is 10.2 Å². The van der Waals surface area contributed by atoms with Crippen LogP contribution in [0.3, 0.4) is 0 Å². The molecular formula is C17H15N3O. The molecule has 1 aromatic heterocycles. The molecule has 2 aromatic carbocycles. The first-order valence-corrected chi connectivity index (χ1v) is 6.67. The van der Waals surface area contributed by atoms with Crippen LogP contribution in [0.5, 0.6) is 5.75 Å². The molecule has 0 saturated heterocycles. The number of nitrogens with two attached hydrogens (primary N) is 1. The molecule has 0 saturated carbocycles. The minimum Gasteiger partial charge on any atom is -0.489 e. The first kappa shape index (κ1) is 13.1. The van der Waals surface area contributed by atoms with Gasteiger partial charge in [-0.25, -0.2) is 0 Å². The molecule has 0 aliphatic carbocycles. The van der Waals surface area contributed by atoms with E-state index in [1.165, 1.54) is 0 Å². The highest BCUT2D eigenvalue weighted by Gasteiger charge is 2.02. The lowest BCUT2D eigenvalue weighted by atomic mass is 10.1. The van der Waals surface area contributed by atoms with E-state index in [-0.39, 0.29) is 0 Å². The number of aromatic nitrogens is 2. The molecule has 0 atom stereocenters. The van der Waals surface area contributed by atoms with Gasteiger partial charge in [0, 0.05) is 5.56 Å². The largest absolute Gasteiger partial charge is 0.489 e. The van der Waals surface area contributed by atoms with Crippen molar-refractivity contribution in [3.05, 3.63) is 72.3 Å². The number of hydrogen-bond donors (Lipinski definition) is 1. The second kappa shape index (κ2) is 6.05. The Morgan fingerprint density at radius 3 is 2.48 bits per heavy atom. The molecule has 0 amide bonds. The molecule has 0 spiro atoms. The van der Waals surface area contributed by atoms with Gasteiger partial charge in [0.2, 0.25) is 0 Å². The highest BCUT2D eigenvalue weighted by molar-refractivity contribution is 5.61. The van der Waals surface area contributed by atoms with Gasteiger partial charge >= 0.3 is 0 Å². The SMILES string of the molecule is Nc1ccc(-c2cccc(OCc3ccccc3)c2)nn1. The number of rotatable bonds is 4. The van der Waals surface area contributed by atoms with E-state index in [2.05, 4.69) is 10.2 Å². The van der Waals surface area contributed by atoms with Crippen LogP contribution in [0.2, 0.25) is 0 Å². The highest BCUT2D eigenvalue weighted by Crippen LogP contribution is 2.22. The second-order valence-electron chi connectivity index (χ2n) is 4.65. The van der Waals surface area contributed by atoms with Gasteiger partial charge in [-0.05, 0) is 29.8 Å². The van der Waals surface area contributed by atoms with Gasteiger partial charge in [0.1, 0.15) is 18.2 Å². The third kappa shape index (κ3) is 3.36. The second-order valence-corrected chi connectivity index (χ2v) is 4.65. The van der Waals surface area contributed by atoms with E-state index < -0.39 is 0 Å². The van der Waals surface area contributed by atoms with Gasteiger partial charge < -0.3 is 10.5 Å². The Hall–Kier alpha value is -2.88.